The molecule has 0 spiro atoms. The average Bonchev–Trinajstić information content (AvgIpc) is 3.02. The summed E-state index contributed by atoms with van der Waals surface area (Å²) >= 11 is 10.3. The minimum atomic E-state index is 0. The SMILES string of the molecule is CCCCCCCCC1(CCCCCCCC)c2cc(Cl)ccc2-c2ccc(Br)cc21.[MgH2]. The molecule has 0 saturated carbocycles. The van der Waals surface area contributed by atoms with Crippen LogP contribution in [0.5, 0.6) is 0 Å². The van der Waals surface area contributed by atoms with E-state index in [0.29, 0.717) is 0 Å². The monoisotopic (exact) mass is 528 g/mol. The van der Waals surface area contributed by atoms with Crippen molar-refractivity contribution in [1.82, 2.24) is 0 Å². The van der Waals surface area contributed by atoms with Crippen LogP contribution < -0.4 is 0 Å². The number of unbranched alkanes of at least 4 members (excludes halogenated alkanes) is 10. The number of rotatable bonds is 14. The first-order valence-corrected chi connectivity index (χ1v) is 13.9. The van der Waals surface area contributed by atoms with Gasteiger partial charge in [0.15, 0.2) is 0 Å². The quantitative estimate of drug-likeness (QED) is 0.169. The third-order valence-corrected chi connectivity index (χ3v) is 7.93. The van der Waals surface area contributed by atoms with Gasteiger partial charge >= 0.3 is 23.1 Å². The highest BCUT2D eigenvalue weighted by Crippen LogP contribution is 2.55. The van der Waals surface area contributed by atoms with Gasteiger partial charge < -0.3 is 0 Å². The zero-order valence-electron chi connectivity index (χ0n) is 19.6. The van der Waals surface area contributed by atoms with Gasteiger partial charge in [0, 0.05) is 14.9 Å². The molecule has 1 aliphatic carbocycles. The molecule has 0 amide bonds. The molecular weight excluding hydrogens is 488 g/mol. The van der Waals surface area contributed by atoms with Gasteiger partial charge in [-0.1, -0.05) is 131 Å². The van der Waals surface area contributed by atoms with Gasteiger partial charge in [-0.05, 0) is 59.4 Å². The molecule has 0 fully saturated rings. The van der Waals surface area contributed by atoms with Gasteiger partial charge in [0.2, 0.25) is 0 Å². The second-order valence-corrected chi connectivity index (χ2v) is 10.8. The van der Waals surface area contributed by atoms with Crippen LogP contribution >= 0.6 is 27.5 Å². The van der Waals surface area contributed by atoms with Gasteiger partial charge in [0.05, 0.1) is 0 Å². The molecule has 0 atom stereocenters. The molecule has 0 heterocycles. The first-order valence-electron chi connectivity index (χ1n) is 12.7. The van der Waals surface area contributed by atoms with Crippen LogP contribution in [0, 0.1) is 0 Å². The molecule has 3 heteroatoms. The number of benzene rings is 2. The first kappa shape index (κ1) is 28.2. The fourth-order valence-corrected chi connectivity index (χ4v) is 6.05. The van der Waals surface area contributed by atoms with E-state index in [9.17, 15) is 0 Å². The van der Waals surface area contributed by atoms with Crippen LogP contribution in [-0.2, 0) is 5.41 Å². The van der Waals surface area contributed by atoms with E-state index in [1.807, 2.05) is 0 Å². The maximum absolute atomic E-state index is 6.55. The number of fused-ring (bicyclic) bond motifs is 3. The molecule has 0 aliphatic heterocycles. The fraction of sp³-hybridized carbons (Fsp3) is 0.586. The summed E-state index contributed by atoms with van der Waals surface area (Å²) in [6.45, 7) is 4.59. The lowest BCUT2D eigenvalue weighted by atomic mass is 9.70. The van der Waals surface area contributed by atoms with Crippen LogP contribution in [-0.4, -0.2) is 23.1 Å². The smallest absolute Gasteiger partial charge is 0.0843 e. The molecule has 3 rings (SSSR count). The van der Waals surface area contributed by atoms with Crippen LogP contribution in [0.4, 0.5) is 0 Å². The maximum atomic E-state index is 6.55. The highest BCUT2D eigenvalue weighted by Gasteiger charge is 2.42. The highest BCUT2D eigenvalue weighted by atomic mass is 79.9. The summed E-state index contributed by atoms with van der Waals surface area (Å²) in [6, 6.07) is 13.5. The van der Waals surface area contributed by atoms with Crippen molar-refractivity contribution in [3.8, 4) is 11.1 Å². The Morgan fingerprint density at radius 2 is 1.12 bits per heavy atom. The largest absolute Gasteiger partial charge is 0.316 e. The second-order valence-electron chi connectivity index (χ2n) is 9.50. The van der Waals surface area contributed by atoms with Crippen molar-refractivity contribution < 1.29 is 0 Å². The summed E-state index contributed by atoms with van der Waals surface area (Å²) < 4.78 is 1.19. The normalized spacial score (nSPS) is 13.5. The summed E-state index contributed by atoms with van der Waals surface area (Å²) in [4.78, 5) is 0. The molecule has 1 aliphatic rings. The van der Waals surface area contributed by atoms with Crippen molar-refractivity contribution >= 4 is 50.6 Å². The van der Waals surface area contributed by atoms with Gasteiger partial charge in [-0.25, -0.2) is 0 Å². The molecule has 2 aromatic rings. The maximum Gasteiger partial charge on any atom is 0.316 e. The average molecular weight is 530 g/mol. The number of hydrogen-bond acceptors (Lipinski definition) is 0. The van der Waals surface area contributed by atoms with E-state index in [-0.39, 0.29) is 28.5 Å². The molecule has 2 aromatic carbocycles. The highest BCUT2D eigenvalue weighted by molar-refractivity contribution is 9.10. The molecule has 0 aromatic heterocycles. The molecule has 32 heavy (non-hydrogen) atoms. The minimum absolute atomic E-state index is 0. The van der Waals surface area contributed by atoms with E-state index in [1.54, 1.807) is 0 Å². The Morgan fingerprint density at radius 1 is 0.656 bits per heavy atom. The fourth-order valence-electron chi connectivity index (χ4n) is 5.52. The van der Waals surface area contributed by atoms with Crippen LogP contribution in [0.1, 0.15) is 115 Å². The Bertz CT molecular complexity index is 762. The lowest BCUT2D eigenvalue weighted by Gasteiger charge is -2.33. The predicted molar refractivity (Wildman–Crippen MR) is 150 cm³/mol. The van der Waals surface area contributed by atoms with E-state index in [4.69, 9.17) is 11.6 Å². The van der Waals surface area contributed by atoms with Gasteiger partial charge in [0.1, 0.15) is 0 Å². The Kier molecular flexibility index (Phi) is 12.7. The van der Waals surface area contributed by atoms with Crippen molar-refractivity contribution in [2.24, 2.45) is 0 Å². The lowest BCUT2D eigenvalue weighted by Crippen LogP contribution is -2.25. The van der Waals surface area contributed by atoms with Gasteiger partial charge in [-0.2, -0.15) is 0 Å². The Labute approximate surface area is 226 Å². The van der Waals surface area contributed by atoms with Crippen LogP contribution in [0.15, 0.2) is 40.9 Å². The molecule has 174 valence electrons. The van der Waals surface area contributed by atoms with Crippen LogP contribution in [0.25, 0.3) is 11.1 Å². The van der Waals surface area contributed by atoms with E-state index >= 15 is 0 Å². The molecule has 0 unspecified atom stereocenters. The van der Waals surface area contributed by atoms with Gasteiger partial charge in [0.25, 0.3) is 0 Å². The topological polar surface area (TPSA) is 0 Å². The summed E-state index contributed by atoms with van der Waals surface area (Å²) in [5.74, 6) is 0. The van der Waals surface area contributed by atoms with Gasteiger partial charge in [-0.3, -0.25) is 0 Å². The Balaban J connectivity index is 0.00000363. The van der Waals surface area contributed by atoms with Crippen molar-refractivity contribution in [2.75, 3.05) is 0 Å². The van der Waals surface area contributed by atoms with E-state index in [2.05, 4.69) is 66.2 Å². The van der Waals surface area contributed by atoms with E-state index < -0.39 is 0 Å². The summed E-state index contributed by atoms with van der Waals surface area (Å²) in [7, 11) is 0. The number of hydrogen-bond donors (Lipinski definition) is 0. The van der Waals surface area contributed by atoms with E-state index in [1.165, 1.54) is 117 Å². The molecule has 0 N–H and O–H groups in total. The second kappa shape index (κ2) is 14.4. The van der Waals surface area contributed by atoms with Crippen molar-refractivity contribution in [1.29, 1.82) is 0 Å². The third kappa shape index (κ3) is 7.00. The van der Waals surface area contributed by atoms with E-state index in [0.717, 1.165) is 5.02 Å². The Hall–Kier alpha value is -0.0238. The van der Waals surface area contributed by atoms with Crippen LogP contribution in [0.2, 0.25) is 5.02 Å². The molecule has 0 nitrogen and oxygen atoms in total. The summed E-state index contributed by atoms with van der Waals surface area (Å²) in [5, 5.41) is 0.876. The third-order valence-electron chi connectivity index (χ3n) is 7.20. The predicted octanol–water partition coefficient (Wildman–Crippen LogP) is 9.95. The molecular formula is C29H42BrClMg. The lowest BCUT2D eigenvalue weighted by molar-refractivity contribution is 0.397. The van der Waals surface area contributed by atoms with Crippen LogP contribution in [0.3, 0.4) is 0 Å². The first-order chi connectivity index (χ1) is 15.1. The summed E-state index contributed by atoms with van der Waals surface area (Å²) in [6.07, 6.45) is 18.7. The van der Waals surface area contributed by atoms with Crippen molar-refractivity contribution in [3.63, 3.8) is 0 Å². The Morgan fingerprint density at radius 3 is 1.69 bits per heavy atom. The van der Waals surface area contributed by atoms with Crippen molar-refractivity contribution in [2.45, 2.75) is 109 Å². The summed E-state index contributed by atoms with van der Waals surface area (Å²) in [5.41, 5.74) is 5.96. The molecule has 0 radical (unpaired) electrons. The number of halogens is 2. The molecule has 0 saturated heterocycles. The zero-order valence-corrected chi connectivity index (χ0v) is 22.0. The molecule has 0 bridgehead atoms. The van der Waals surface area contributed by atoms with Gasteiger partial charge in [-0.15, -0.1) is 0 Å². The standard InChI is InChI=1S/C29H40BrCl.Mg.2H/c1-3-5-7-9-11-13-19-29(20-14-12-10-8-6-4-2)27-21-23(30)15-17-25(27)26-18-16-24(31)22-28(26)29;;;/h15-18,21-22H,3-14,19-20H2,1-2H3;;;. The zero-order chi connectivity index (χ0) is 22.1. The minimum Gasteiger partial charge on any atom is -0.0843 e. The van der Waals surface area contributed by atoms with Crippen molar-refractivity contribution in [3.05, 3.63) is 57.0 Å².